The van der Waals surface area contributed by atoms with E-state index in [0.29, 0.717) is 33.5 Å². The molecule has 0 radical (unpaired) electrons. The van der Waals surface area contributed by atoms with Gasteiger partial charge in [0.2, 0.25) is 5.91 Å². The van der Waals surface area contributed by atoms with Crippen LogP contribution in [0.3, 0.4) is 0 Å². The summed E-state index contributed by atoms with van der Waals surface area (Å²) in [7, 11) is 0. The van der Waals surface area contributed by atoms with E-state index < -0.39 is 0 Å². The van der Waals surface area contributed by atoms with Crippen LogP contribution in [0.1, 0.15) is 33.6 Å². The third-order valence-electron chi connectivity index (χ3n) is 4.48. The minimum absolute atomic E-state index is 0.0176. The van der Waals surface area contributed by atoms with Crippen molar-refractivity contribution in [3.05, 3.63) is 33.6 Å². The van der Waals surface area contributed by atoms with Gasteiger partial charge in [0.25, 0.3) is 5.56 Å². The zero-order valence-electron chi connectivity index (χ0n) is 15.3. The molecule has 0 unspecified atom stereocenters. The van der Waals surface area contributed by atoms with Gasteiger partial charge in [0.1, 0.15) is 0 Å². The molecule has 7 heteroatoms. The van der Waals surface area contributed by atoms with Gasteiger partial charge in [0.05, 0.1) is 16.7 Å². The molecule has 0 bridgehead atoms. The zero-order chi connectivity index (χ0) is 18.8. The maximum atomic E-state index is 12.9. The van der Waals surface area contributed by atoms with Crippen LogP contribution in [0.5, 0.6) is 0 Å². The molecule has 1 saturated carbocycles. The molecule has 0 aliphatic heterocycles. The number of nitrogens with one attached hydrogen (secondary N) is 1. The molecular weight excluding hydrogens is 370 g/mol. The first-order valence-electron chi connectivity index (χ1n) is 8.97. The molecule has 1 aromatic carbocycles. The van der Waals surface area contributed by atoms with E-state index in [1.165, 1.54) is 24.6 Å². The van der Waals surface area contributed by atoms with E-state index in [1.807, 2.05) is 20.8 Å². The molecule has 1 aliphatic rings. The Balaban J connectivity index is 1.84. The van der Waals surface area contributed by atoms with Gasteiger partial charge in [-0.05, 0) is 49.8 Å². The number of carbonyl (C=O) groups is 1. The number of halogens is 1. The first-order valence-corrected chi connectivity index (χ1v) is 10.3. The summed E-state index contributed by atoms with van der Waals surface area (Å²) in [6.45, 7) is 6.70. The average Bonchev–Trinajstić information content (AvgIpc) is 3.41. The number of amides is 1. The van der Waals surface area contributed by atoms with Crippen LogP contribution in [0.2, 0.25) is 5.02 Å². The molecule has 1 N–H and O–H groups in total. The predicted octanol–water partition coefficient (Wildman–Crippen LogP) is 3.71. The van der Waals surface area contributed by atoms with E-state index >= 15 is 0 Å². The molecule has 1 fully saturated rings. The molecule has 5 nitrogen and oxygen atoms in total. The van der Waals surface area contributed by atoms with E-state index in [9.17, 15) is 9.59 Å². The summed E-state index contributed by atoms with van der Waals surface area (Å²) in [6.07, 6.45) is 2.38. The second-order valence-electron chi connectivity index (χ2n) is 7.35. The average molecular weight is 394 g/mol. The van der Waals surface area contributed by atoms with Gasteiger partial charge in [-0.25, -0.2) is 4.98 Å². The fraction of sp³-hybridized carbons (Fsp3) is 0.526. The maximum Gasteiger partial charge on any atom is 0.262 e. The van der Waals surface area contributed by atoms with Gasteiger partial charge in [-0.2, -0.15) is 0 Å². The van der Waals surface area contributed by atoms with E-state index in [-0.39, 0.29) is 29.2 Å². The van der Waals surface area contributed by atoms with Crippen LogP contribution in [0.15, 0.2) is 28.2 Å². The fourth-order valence-corrected chi connectivity index (χ4v) is 3.94. The third kappa shape index (κ3) is 4.60. The number of fused-ring (bicyclic) bond motifs is 1. The van der Waals surface area contributed by atoms with E-state index in [0.717, 1.165) is 0 Å². The van der Waals surface area contributed by atoms with E-state index in [1.54, 1.807) is 22.8 Å². The van der Waals surface area contributed by atoms with Crippen LogP contribution in [0, 0.1) is 11.8 Å². The number of benzene rings is 1. The Bertz CT molecular complexity index is 877. The number of nitrogens with zero attached hydrogens (tertiary/aromatic N) is 2. The SMILES string of the molecule is CC(C)Cn1c(SCC(=O)N[C@H](C)C2CC2)nc2ccc(Cl)cc2c1=O. The Hall–Kier alpha value is -1.53. The van der Waals surface area contributed by atoms with Crippen molar-refractivity contribution in [1.82, 2.24) is 14.9 Å². The van der Waals surface area contributed by atoms with Crippen LogP contribution in [0.25, 0.3) is 10.9 Å². The molecule has 0 spiro atoms. The van der Waals surface area contributed by atoms with Gasteiger partial charge in [0.15, 0.2) is 5.16 Å². The first-order chi connectivity index (χ1) is 12.3. The Morgan fingerprint density at radius 2 is 2.12 bits per heavy atom. The third-order valence-corrected chi connectivity index (χ3v) is 5.69. The van der Waals surface area contributed by atoms with E-state index in [4.69, 9.17) is 11.6 Å². The smallest absolute Gasteiger partial charge is 0.262 e. The molecule has 1 atom stereocenters. The highest BCUT2D eigenvalue weighted by molar-refractivity contribution is 7.99. The van der Waals surface area contributed by atoms with Gasteiger partial charge in [-0.15, -0.1) is 0 Å². The van der Waals surface area contributed by atoms with Crippen molar-refractivity contribution in [3.63, 3.8) is 0 Å². The number of carbonyl (C=O) groups excluding carboxylic acids is 1. The monoisotopic (exact) mass is 393 g/mol. The quantitative estimate of drug-likeness (QED) is 0.575. The molecule has 0 saturated heterocycles. The molecule has 2 aromatic rings. The normalized spacial score (nSPS) is 15.4. The predicted molar refractivity (Wildman–Crippen MR) is 107 cm³/mol. The second kappa shape index (κ2) is 8.01. The van der Waals surface area contributed by atoms with Gasteiger partial charge in [0, 0.05) is 17.6 Å². The number of aromatic nitrogens is 2. The van der Waals surface area contributed by atoms with Crippen molar-refractivity contribution in [3.8, 4) is 0 Å². The van der Waals surface area contributed by atoms with Crippen LogP contribution in [-0.4, -0.2) is 27.3 Å². The minimum atomic E-state index is -0.111. The topological polar surface area (TPSA) is 64.0 Å². The lowest BCUT2D eigenvalue weighted by Gasteiger charge is -2.16. The second-order valence-corrected chi connectivity index (χ2v) is 8.73. The van der Waals surface area contributed by atoms with Gasteiger partial charge in [-0.1, -0.05) is 37.2 Å². The van der Waals surface area contributed by atoms with Crippen molar-refractivity contribution in [2.75, 3.05) is 5.75 Å². The molecule has 140 valence electrons. The van der Waals surface area contributed by atoms with Crippen LogP contribution >= 0.6 is 23.4 Å². The van der Waals surface area contributed by atoms with Crippen molar-refractivity contribution in [2.45, 2.75) is 51.4 Å². The summed E-state index contributed by atoms with van der Waals surface area (Å²) in [6, 6.07) is 5.34. The van der Waals surface area contributed by atoms with Crippen molar-refractivity contribution >= 4 is 40.2 Å². The Labute approximate surface area is 162 Å². The summed E-state index contributed by atoms with van der Waals surface area (Å²) in [5.41, 5.74) is 0.495. The molecule has 1 aliphatic carbocycles. The number of thioether (sulfide) groups is 1. The van der Waals surface area contributed by atoms with Crippen LogP contribution in [0.4, 0.5) is 0 Å². The van der Waals surface area contributed by atoms with E-state index in [2.05, 4.69) is 10.3 Å². The molecule has 1 aromatic heterocycles. The maximum absolute atomic E-state index is 12.9. The lowest BCUT2D eigenvalue weighted by atomic mass is 10.2. The van der Waals surface area contributed by atoms with Crippen molar-refractivity contribution in [2.24, 2.45) is 11.8 Å². The summed E-state index contributed by atoms with van der Waals surface area (Å²) in [5, 5.41) is 4.64. The highest BCUT2D eigenvalue weighted by Gasteiger charge is 2.28. The van der Waals surface area contributed by atoms with Crippen molar-refractivity contribution in [1.29, 1.82) is 0 Å². The zero-order valence-corrected chi connectivity index (χ0v) is 16.9. The summed E-state index contributed by atoms with van der Waals surface area (Å²) in [4.78, 5) is 29.7. The van der Waals surface area contributed by atoms with Crippen molar-refractivity contribution < 1.29 is 4.79 Å². The lowest BCUT2D eigenvalue weighted by molar-refractivity contribution is -0.119. The minimum Gasteiger partial charge on any atom is -0.353 e. The Kier molecular flexibility index (Phi) is 5.92. The molecule has 1 amide bonds. The van der Waals surface area contributed by atoms with Gasteiger partial charge >= 0.3 is 0 Å². The summed E-state index contributed by atoms with van der Waals surface area (Å²) < 4.78 is 1.66. The standard InChI is InChI=1S/C19H24ClN3O2S/c1-11(2)9-23-18(25)15-8-14(20)6-7-16(15)22-19(23)26-10-17(24)21-12(3)13-4-5-13/h6-8,11-13H,4-5,9-10H2,1-3H3,(H,21,24)/t12-/m1/s1. The lowest BCUT2D eigenvalue weighted by Crippen LogP contribution is -2.35. The number of hydrogen-bond donors (Lipinski definition) is 1. The Morgan fingerprint density at radius 1 is 1.38 bits per heavy atom. The first kappa shape index (κ1) is 19.2. The summed E-state index contributed by atoms with van der Waals surface area (Å²) in [5.74, 6) is 1.14. The molecular formula is C19H24ClN3O2S. The molecule has 1 heterocycles. The Morgan fingerprint density at radius 3 is 2.77 bits per heavy atom. The summed E-state index contributed by atoms with van der Waals surface area (Å²) >= 11 is 7.35. The van der Waals surface area contributed by atoms with Crippen LogP contribution < -0.4 is 10.9 Å². The number of rotatable bonds is 7. The highest BCUT2D eigenvalue weighted by atomic mass is 35.5. The number of hydrogen-bond acceptors (Lipinski definition) is 4. The highest BCUT2D eigenvalue weighted by Crippen LogP contribution is 2.32. The van der Waals surface area contributed by atoms with Crippen LogP contribution in [-0.2, 0) is 11.3 Å². The van der Waals surface area contributed by atoms with Gasteiger partial charge in [-0.3, -0.25) is 14.2 Å². The molecule has 3 rings (SSSR count). The largest absolute Gasteiger partial charge is 0.353 e. The molecule has 26 heavy (non-hydrogen) atoms. The van der Waals surface area contributed by atoms with Gasteiger partial charge < -0.3 is 5.32 Å². The fourth-order valence-electron chi connectivity index (χ4n) is 2.95.